The van der Waals surface area contributed by atoms with E-state index in [0.29, 0.717) is 10.6 Å². The monoisotopic (exact) mass is 318 g/mol. The summed E-state index contributed by atoms with van der Waals surface area (Å²) in [7, 11) is 0. The Morgan fingerprint density at radius 3 is 2.73 bits per heavy atom. The van der Waals surface area contributed by atoms with Crippen LogP contribution < -0.4 is 10.6 Å². The highest BCUT2D eigenvalue weighted by Gasteiger charge is 2.10. The maximum Gasteiger partial charge on any atom is 0.319 e. The summed E-state index contributed by atoms with van der Waals surface area (Å²) in [5, 5.41) is 16.0. The van der Waals surface area contributed by atoms with Crippen molar-refractivity contribution in [2.45, 2.75) is 19.4 Å². The quantitative estimate of drug-likeness (QED) is 0.786. The standard InChI is InChI=1S/C17H19ClN2O2/c1-2-12-5-3-8-15(9-12)20-17(22)19-11-16(21)13-6-4-7-14(18)10-13/h3-10,16,21H,2,11H2,1H3,(H2,19,20,22). The van der Waals surface area contributed by atoms with Crippen molar-refractivity contribution < 1.29 is 9.90 Å². The van der Waals surface area contributed by atoms with E-state index in [2.05, 4.69) is 17.6 Å². The number of aliphatic hydroxyl groups excluding tert-OH is 1. The lowest BCUT2D eigenvalue weighted by molar-refractivity contribution is 0.175. The molecule has 0 spiro atoms. The topological polar surface area (TPSA) is 61.4 Å². The third-order valence-electron chi connectivity index (χ3n) is 3.28. The van der Waals surface area contributed by atoms with E-state index in [4.69, 9.17) is 11.6 Å². The normalized spacial score (nSPS) is 11.8. The molecule has 0 fully saturated rings. The predicted octanol–water partition coefficient (Wildman–Crippen LogP) is 3.76. The second-order valence-electron chi connectivity index (χ2n) is 4.96. The van der Waals surface area contributed by atoms with Gasteiger partial charge in [-0.15, -0.1) is 0 Å². The van der Waals surface area contributed by atoms with E-state index >= 15 is 0 Å². The van der Waals surface area contributed by atoms with Crippen molar-refractivity contribution in [3.63, 3.8) is 0 Å². The summed E-state index contributed by atoms with van der Waals surface area (Å²) in [6, 6.07) is 14.2. The Morgan fingerprint density at radius 1 is 1.23 bits per heavy atom. The number of carbonyl (C=O) groups is 1. The number of hydrogen-bond donors (Lipinski definition) is 3. The molecule has 2 aromatic carbocycles. The molecule has 0 bridgehead atoms. The van der Waals surface area contributed by atoms with E-state index < -0.39 is 6.10 Å². The predicted molar refractivity (Wildman–Crippen MR) is 89.3 cm³/mol. The van der Waals surface area contributed by atoms with Crippen LogP contribution in [0.1, 0.15) is 24.2 Å². The number of amides is 2. The van der Waals surface area contributed by atoms with E-state index in [1.165, 1.54) is 0 Å². The average molecular weight is 319 g/mol. The first-order valence-corrected chi connectivity index (χ1v) is 7.53. The van der Waals surface area contributed by atoms with Crippen molar-refractivity contribution in [2.75, 3.05) is 11.9 Å². The van der Waals surface area contributed by atoms with Crippen LogP contribution in [0.5, 0.6) is 0 Å². The second kappa shape index (κ2) is 7.82. The third-order valence-corrected chi connectivity index (χ3v) is 3.52. The Hall–Kier alpha value is -2.04. The van der Waals surface area contributed by atoms with Gasteiger partial charge in [0.1, 0.15) is 0 Å². The molecule has 0 heterocycles. The van der Waals surface area contributed by atoms with Crippen molar-refractivity contribution in [1.82, 2.24) is 5.32 Å². The highest BCUT2D eigenvalue weighted by molar-refractivity contribution is 6.30. The Kier molecular flexibility index (Phi) is 5.81. The van der Waals surface area contributed by atoms with Crippen LogP contribution in [0.3, 0.4) is 0 Å². The lowest BCUT2D eigenvalue weighted by Crippen LogP contribution is -2.32. The van der Waals surface area contributed by atoms with Crippen LogP contribution in [-0.4, -0.2) is 17.7 Å². The van der Waals surface area contributed by atoms with Gasteiger partial charge >= 0.3 is 6.03 Å². The lowest BCUT2D eigenvalue weighted by atomic mass is 10.1. The minimum atomic E-state index is -0.800. The number of urea groups is 1. The highest BCUT2D eigenvalue weighted by atomic mass is 35.5. The zero-order chi connectivity index (χ0) is 15.9. The number of carbonyl (C=O) groups excluding carboxylic acids is 1. The molecule has 4 nitrogen and oxygen atoms in total. The zero-order valence-electron chi connectivity index (χ0n) is 12.3. The summed E-state index contributed by atoms with van der Waals surface area (Å²) in [6.07, 6.45) is 0.108. The van der Waals surface area contributed by atoms with Gasteiger partial charge in [-0.3, -0.25) is 0 Å². The van der Waals surface area contributed by atoms with E-state index in [9.17, 15) is 9.90 Å². The molecule has 2 rings (SSSR count). The van der Waals surface area contributed by atoms with Gasteiger partial charge in [-0.1, -0.05) is 42.8 Å². The van der Waals surface area contributed by atoms with Crippen molar-refractivity contribution >= 4 is 23.3 Å². The van der Waals surface area contributed by atoms with Gasteiger partial charge in [-0.25, -0.2) is 4.79 Å². The molecule has 0 aliphatic heterocycles. The largest absolute Gasteiger partial charge is 0.387 e. The number of aryl methyl sites for hydroxylation is 1. The molecule has 0 radical (unpaired) electrons. The lowest BCUT2D eigenvalue weighted by Gasteiger charge is -2.13. The third kappa shape index (κ3) is 4.76. The number of anilines is 1. The first kappa shape index (κ1) is 16.3. The van der Waals surface area contributed by atoms with Gasteiger partial charge in [0.25, 0.3) is 0 Å². The number of halogens is 1. The van der Waals surface area contributed by atoms with Gasteiger partial charge in [0.15, 0.2) is 0 Å². The fourth-order valence-electron chi connectivity index (χ4n) is 2.07. The molecule has 2 amide bonds. The maximum absolute atomic E-state index is 11.9. The molecule has 0 aromatic heterocycles. The van der Waals surface area contributed by atoms with Crippen LogP contribution in [0, 0.1) is 0 Å². The van der Waals surface area contributed by atoms with Gasteiger partial charge in [0, 0.05) is 17.3 Å². The zero-order valence-corrected chi connectivity index (χ0v) is 13.1. The summed E-state index contributed by atoms with van der Waals surface area (Å²) in [4.78, 5) is 11.9. The molecular formula is C17H19ClN2O2. The van der Waals surface area contributed by atoms with E-state index in [1.54, 1.807) is 24.3 Å². The second-order valence-corrected chi connectivity index (χ2v) is 5.40. The summed E-state index contributed by atoms with van der Waals surface area (Å²) in [6.45, 7) is 2.17. The molecule has 2 aromatic rings. The Balaban J connectivity index is 1.87. The van der Waals surface area contributed by atoms with Crippen LogP contribution in [0.15, 0.2) is 48.5 Å². The molecule has 1 unspecified atom stereocenters. The summed E-state index contributed by atoms with van der Waals surface area (Å²) in [5.74, 6) is 0. The average Bonchev–Trinajstić information content (AvgIpc) is 2.52. The molecule has 0 saturated carbocycles. The van der Waals surface area contributed by atoms with Gasteiger partial charge in [-0.2, -0.15) is 0 Å². The molecule has 5 heteroatoms. The van der Waals surface area contributed by atoms with Gasteiger partial charge in [-0.05, 0) is 41.8 Å². The Labute approximate surface area is 135 Å². The molecular weight excluding hydrogens is 300 g/mol. The molecule has 116 valence electrons. The number of hydrogen-bond acceptors (Lipinski definition) is 2. The van der Waals surface area contributed by atoms with E-state index in [0.717, 1.165) is 17.7 Å². The van der Waals surface area contributed by atoms with Crippen molar-refractivity contribution in [3.8, 4) is 0 Å². The Morgan fingerprint density at radius 2 is 2.00 bits per heavy atom. The molecule has 3 N–H and O–H groups in total. The van der Waals surface area contributed by atoms with Crippen molar-refractivity contribution in [1.29, 1.82) is 0 Å². The Bertz CT molecular complexity index is 646. The summed E-state index contributed by atoms with van der Waals surface area (Å²) >= 11 is 5.88. The molecule has 0 saturated heterocycles. The first-order valence-electron chi connectivity index (χ1n) is 7.16. The van der Waals surface area contributed by atoms with Crippen LogP contribution in [-0.2, 0) is 6.42 Å². The van der Waals surface area contributed by atoms with Gasteiger partial charge in [0.2, 0.25) is 0 Å². The van der Waals surface area contributed by atoms with E-state index in [1.807, 2.05) is 24.3 Å². The molecule has 0 aliphatic rings. The molecule has 22 heavy (non-hydrogen) atoms. The van der Waals surface area contributed by atoms with Crippen molar-refractivity contribution in [3.05, 3.63) is 64.7 Å². The number of rotatable bonds is 5. The number of aliphatic hydroxyl groups is 1. The van der Waals surface area contributed by atoms with Crippen LogP contribution >= 0.6 is 11.6 Å². The SMILES string of the molecule is CCc1cccc(NC(=O)NCC(O)c2cccc(Cl)c2)c1. The number of nitrogens with one attached hydrogen (secondary N) is 2. The minimum Gasteiger partial charge on any atom is -0.387 e. The summed E-state index contributed by atoms with van der Waals surface area (Å²) in [5.41, 5.74) is 2.55. The molecule has 1 atom stereocenters. The van der Waals surface area contributed by atoms with Gasteiger partial charge in [0.05, 0.1) is 6.10 Å². The van der Waals surface area contributed by atoms with Crippen molar-refractivity contribution in [2.24, 2.45) is 0 Å². The molecule has 0 aliphatic carbocycles. The fourth-order valence-corrected chi connectivity index (χ4v) is 2.26. The smallest absolute Gasteiger partial charge is 0.319 e. The number of benzene rings is 2. The summed E-state index contributed by atoms with van der Waals surface area (Å²) < 4.78 is 0. The first-order chi connectivity index (χ1) is 10.6. The maximum atomic E-state index is 11.9. The van der Waals surface area contributed by atoms with Crippen LogP contribution in [0.2, 0.25) is 5.02 Å². The van der Waals surface area contributed by atoms with Crippen LogP contribution in [0.4, 0.5) is 10.5 Å². The fraction of sp³-hybridized carbons (Fsp3) is 0.235. The minimum absolute atomic E-state index is 0.111. The van der Waals surface area contributed by atoms with Crippen LogP contribution in [0.25, 0.3) is 0 Å². The highest BCUT2D eigenvalue weighted by Crippen LogP contribution is 2.17. The van der Waals surface area contributed by atoms with Gasteiger partial charge < -0.3 is 15.7 Å². The van der Waals surface area contributed by atoms with E-state index in [-0.39, 0.29) is 12.6 Å².